The van der Waals surface area contributed by atoms with Gasteiger partial charge in [-0.1, -0.05) is 18.2 Å². The molecule has 19 heavy (non-hydrogen) atoms. The first-order valence-electron chi connectivity index (χ1n) is 6.07. The lowest BCUT2D eigenvalue weighted by atomic mass is 10.1. The molecular formula is C13H16O5S. The molecule has 1 unspecified atom stereocenters. The third-order valence-electron chi connectivity index (χ3n) is 3.22. The van der Waals surface area contributed by atoms with Gasteiger partial charge in [-0.2, -0.15) is 0 Å². The summed E-state index contributed by atoms with van der Waals surface area (Å²) < 4.78 is 35.4. The average molecular weight is 284 g/mol. The van der Waals surface area contributed by atoms with Gasteiger partial charge in [-0.15, -0.1) is 0 Å². The normalized spacial score (nSPS) is 23.8. The first kappa shape index (κ1) is 14.0. The molecular weight excluding hydrogens is 268 g/mol. The van der Waals surface area contributed by atoms with Gasteiger partial charge in [0.2, 0.25) is 9.84 Å². The van der Waals surface area contributed by atoms with Crippen molar-refractivity contribution in [3.8, 4) is 0 Å². The predicted octanol–water partition coefficient (Wildman–Crippen LogP) is 1.53. The Morgan fingerprint density at radius 1 is 1.26 bits per heavy atom. The minimum Gasteiger partial charge on any atom is -0.466 e. The van der Waals surface area contributed by atoms with Gasteiger partial charge in [0, 0.05) is 13.0 Å². The number of hydrogen-bond acceptors (Lipinski definition) is 5. The molecule has 5 nitrogen and oxygen atoms in total. The van der Waals surface area contributed by atoms with Crippen molar-refractivity contribution in [1.29, 1.82) is 0 Å². The number of esters is 1. The maximum atomic E-state index is 12.7. The molecule has 104 valence electrons. The summed E-state index contributed by atoms with van der Waals surface area (Å²) in [6.45, 7) is 0.237. The number of benzene rings is 1. The number of hydrogen-bond donors (Lipinski definition) is 0. The first-order chi connectivity index (χ1) is 9.04. The van der Waals surface area contributed by atoms with Gasteiger partial charge >= 0.3 is 5.97 Å². The van der Waals surface area contributed by atoms with E-state index in [0.29, 0.717) is 6.42 Å². The van der Waals surface area contributed by atoms with E-state index < -0.39 is 20.7 Å². The Labute approximate surface area is 112 Å². The molecule has 0 saturated carbocycles. The maximum absolute atomic E-state index is 12.7. The molecule has 1 heterocycles. The molecule has 0 aliphatic carbocycles. The number of carbonyl (C=O) groups excluding carboxylic acids is 1. The molecule has 6 heteroatoms. The van der Waals surface area contributed by atoms with Crippen LogP contribution in [-0.4, -0.2) is 33.0 Å². The van der Waals surface area contributed by atoms with Gasteiger partial charge in [0.05, 0.1) is 12.0 Å². The Morgan fingerprint density at radius 3 is 2.47 bits per heavy atom. The second kappa shape index (κ2) is 5.30. The summed E-state index contributed by atoms with van der Waals surface area (Å²) in [6, 6.07) is 7.85. The molecule has 1 atom stereocenters. The van der Waals surface area contributed by atoms with Crippen molar-refractivity contribution in [2.75, 3.05) is 13.7 Å². The molecule has 1 aliphatic heterocycles. The Bertz CT molecular complexity index is 544. The highest BCUT2D eigenvalue weighted by atomic mass is 32.2. The van der Waals surface area contributed by atoms with Gasteiger partial charge in [-0.05, 0) is 25.0 Å². The van der Waals surface area contributed by atoms with E-state index in [9.17, 15) is 13.2 Å². The molecule has 1 fully saturated rings. The van der Waals surface area contributed by atoms with Gasteiger partial charge < -0.3 is 9.47 Å². The third-order valence-corrected chi connectivity index (χ3v) is 5.47. The highest BCUT2D eigenvalue weighted by molar-refractivity contribution is 7.93. The van der Waals surface area contributed by atoms with E-state index in [1.807, 2.05) is 0 Å². The molecule has 0 aromatic heterocycles. The summed E-state index contributed by atoms with van der Waals surface area (Å²) in [5.41, 5.74) is 0. The van der Waals surface area contributed by atoms with Crippen LogP contribution in [0.4, 0.5) is 0 Å². The number of ether oxygens (including phenoxy) is 2. The molecule has 0 bridgehead atoms. The number of methoxy groups -OCH3 is 1. The number of sulfone groups is 1. The lowest BCUT2D eigenvalue weighted by molar-refractivity contribution is -0.162. The Balaban J connectivity index is 2.52. The summed E-state index contributed by atoms with van der Waals surface area (Å²) in [5, 5.41) is 0. The van der Waals surface area contributed by atoms with Crippen LogP contribution in [0.5, 0.6) is 0 Å². The quantitative estimate of drug-likeness (QED) is 0.787. The van der Waals surface area contributed by atoms with Gasteiger partial charge in [-0.3, -0.25) is 0 Å². The monoisotopic (exact) mass is 284 g/mol. The fourth-order valence-electron chi connectivity index (χ4n) is 2.20. The summed E-state index contributed by atoms with van der Waals surface area (Å²) in [7, 11) is -2.76. The van der Waals surface area contributed by atoms with Crippen molar-refractivity contribution in [3.63, 3.8) is 0 Å². The van der Waals surface area contributed by atoms with Crippen molar-refractivity contribution in [2.24, 2.45) is 0 Å². The Kier molecular flexibility index (Phi) is 3.91. The van der Waals surface area contributed by atoms with Crippen molar-refractivity contribution >= 4 is 15.8 Å². The molecule has 0 amide bonds. The van der Waals surface area contributed by atoms with E-state index in [2.05, 4.69) is 4.74 Å². The Morgan fingerprint density at radius 2 is 1.95 bits per heavy atom. The van der Waals surface area contributed by atoms with Gasteiger partial charge in [0.1, 0.15) is 0 Å². The highest BCUT2D eigenvalue weighted by Gasteiger charge is 2.54. The summed E-state index contributed by atoms with van der Waals surface area (Å²) in [5.74, 6) is -0.851. The smallest absolute Gasteiger partial charge is 0.354 e. The van der Waals surface area contributed by atoms with Crippen LogP contribution in [0.3, 0.4) is 0 Å². The van der Waals surface area contributed by atoms with E-state index >= 15 is 0 Å². The fourth-order valence-corrected chi connectivity index (χ4v) is 4.05. The fraction of sp³-hybridized carbons (Fsp3) is 0.462. The van der Waals surface area contributed by atoms with Gasteiger partial charge in [0.15, 0.2) is 0 Å². The zero-order valence-corrected chi connectivity index (χ0v) is 11.5. The van der Waals surface area contributed by atoms with Gasteiger partial charge in [0.25, 0.3) is 4.93 Å². The van der Waals surface area contributed by atoms with Crippen molar-refractivity contribution in [2.45, 2.75) is 29.1 Å². The largest absolute Gasteiger partial charge is 0.466 e. The first-order valence-corrected chi connectivity index (χ1v) is 7.55. The van der Waals surface area contributed by atoms with E-state index in [1.165, 1.54) is 19.2 Å². The lowest BCUT2D eigenvalue weighted by Crippen LogP contribution is -2.51. The molecule has 0 spiro atoms. The minimum absolute atomic E-state index is 0.0716. The van der Waals surface area contributed by atoms with Crippen LogP contribution in [0, 0.1) is 0 Å². The average Bonchev–Trinajstić information content (AvgIpc) is 2.47. The molecule has 1 aromatic carbocycles. The van der Waals surface area contributed by atoms with Crippen molar-refractivity contribution in [3.05, 3.63) is 30.3 Å². The van der Waals surface area contributed by atoms with Crippen LogP contribution >= 0.6 is 0 Å². The zero-order valence-electron chi connectivity index (χ0n) is 10.7. The standard InChI is InChI=1S/C13H16O5S/c1-17-12(14)13(9-5-6-10-18-13)19(15,16)11-7-3-2-4-8-11/h2-4,7-8H,5-6,9-10H2,1H3. The molecule has 2 rings (SSSR count). The van der Waals surface area contributed by atoms with Crippen LogP contribution < -0.4 is 0 Å². The lowest BCUT2D eigenvalue weighted by Gasteiger charge is -2.33. The summed E-state index contributed by atoms with van der Waals surface area (Å²) in [6.07, 6.45) is 1.47. The maximum Gasteiger partial charge on any atom is 0.354 e. The summed E-state index contributed by atoms with van der Waals surface area (Å²) >= 11 is 0. The predicted molar refractivity (Wildman–Crippen MR) is 68.2 cm³/mol. The van der Waals surface area contributed by atoms with Crippen molar-refractivity contribution < 1.29 is 22.7 Å². The van der Waals surface area contributed by atoms with E-state index in [-0.39, 0.29) is 17.9 Å². The molecule has 1 aliphatic rings. The third kappa shape index (κ3) is 2.26. The van der Waals surface area contributed by atoms with Gasteiger partial charge in [-0.25, -0.2) is 13.2 Å². The van der Waals surface area contributed by atoms with Crippen LogP contribution in [0.15, 0.2) is 35.2 Å². The van der Waals surface area contributed by atoms with Crippen LogP contribution in [0.1, 0.15) is 19.3 Å². The Hall–Kier alpha value is -1.40. The SMILES string of the molecule is COC(=O)C1(S(=O)(=O)c2ccccc2)CCCCO1. The second-order valence-corrected chi connectivity index (χ2v) is 6.50. The number of carbonyl (C=O) groups is 1. The highest BCUT2D eigenvalue weighted by Crippen LogP contribution is 2.36. The molecule has 0 radical (unpaired) electrons. The molecule has 1 aromatic rings. The van der Waals surface area contributed by atoms with Crippen LogP contribution in [0.25, 0.3) is 0 Å². The minimum atomic E-state index is -3.93. The molecule has 0 N–H and O–H groups in total. The van der Waals surface area contributed by atoms with Crippen molar-refractivity contribution in [1.82, 2.24) is 0 Å². The van der Waals surface area contributed by atoms with Crippen LogP contribution in [-0.2, 0) is 24.1 Å². The van der Waals surface area contributed by atoms with E-state index in [0.717, 1.165) is 6.42 Å². The second-order valence-electron chi connectivity index (χ2n) is 4.37. The summed E-state index contributed by atoms with van der Waals surface area (Å²) in [4.78, 5) is 10.2. The topological polar surface area (TPSA) is 69.7 Å². The molecule has 1 saturated heterocycles. The van der Waals surface area contributed by atoms with Crippen LogP contribution in [0.2, 0.25) is 0 Å². The van der Waals surface area contributed by atoms with E-state index in [4.69, 9.17) is 4.74 Å². The zero-order chi connectivity index (χ0) is 13.9. The van der Waals surface area contributed by atoms with E-state index in [1.54, 1.807) is 18.2 Å². The number of rotatable bonds is 3.